The van der Waals surface area contributed by atoms with E-state index in [1.807, 2.05) is 0 Å². The largest absolute Gasteiger partial charge is 0.396 e. The van der Waals surface area contributed by atoms with Crippen molar-refractivity contribution >= 4 is 17.7 Å². The van der Waals surface area contributed by atoms with Gasteiger partial charge in [0.05, 0.1) is 19.3 Å². The highest BCUT2D eigenvalue weighted by atomic mass is 16.5. The van der Waals surface area contributed by atoms with E-state index in [2.05, 4.69) is 10.6 Å². The van der Waals surface area contributed by atoms with Crippen LogP contribution in [0, 0.1) is 5.92 Å². The second-order valence-electron chi connectivity index (χ2n) is 8.16. The highest BCUT2D eigenvalue weighted by Gasteiger charge is 2.38. The van der Waals surface area contributed by atoms with Crippen LogP contribution in [0.5, 0.6) is 0 Å². The summed E-state index contributed by atoms with van der Waals surface area (Å²) in [5.41, 5.74) is 0. The molecular formula is C20H33N3O6. The molecule has 1 aliphatic carbocycles. The lowest BCUT2D eigenvalue weighted by molar-refractivity contribution is -0.128. The number of hydrogen-bond donors (Lipinski definition) is 3. The molecule has 2 aliphatic heterocycles. The number of aliphatic hydroxyl groups is 1. The number of rotatable bonds is 7. The highest BCUT2D eigenvalue weighted by Crippen LogP contribution is 2.27. The van der Waals surface area contributed by atoms with Gasteiger partial charge < -0.3 is 30.1 Å². The Hall–Kier alpha value is -1.71. The van der Waals surface area contributed by atoms with Gasteiger partial charge in [-0.05, 0) is 18.8 Å². The molecule has 0 aromatic heterocycles. The summed E-state index contributed by atoms with van der Waals surface area (Å²) in [7, 11) is 0. The molecule has 2 saturated heterocycles. The monoisotopic (exact) mass is 411 g/mol. The van der Waals surface area contributed by atoms with Gasteiger partial charge in [0.1, 0.15) is 18.7 Å². The summed E-state index contributed by atoms with van der Waals surface area (Å²) in [5.74, 6) is -0.176. The van der Waals surface area contributed by atoms with E-state index < -0.39 is 18.2 Å². The Morgan fingerprint density at radius 3 is 2.59 bits per heavy atom. The molecule has 29 heavy (non-hydrogen) atoms. The maximum absolute atomic E-state index is 13.0. The zero-order chi connectivity index (χ0) is 20.6. The summed E-state index contributed by atoms with van der Waals surface area (Å²) >= 11 is 0. The maximum atomic E-state index is 13.0. The summed E-state index contributed by atoms with van der Waals surface area (Å²) in [6, 6.07) is -1.74. The van der Waals surface area contributed by atoms with E-state index in [9.17, 15) is 19.5 Å². The van der Waals surface area contributed by atoms with Crippen molar-refractivity contribution in [1.82, 2.24) is 15.5 Å². The van der Waals surface area contributed by atoms with Gasteiger partial charge in [-0.2, -0.15) is 0 Å². The fourth-order valence-electron chi connectivity index (χ4n) is 4.38. The van der Waals surface area contributed by atoms with Crippen LogP contribution < -0.4 is 10.6 Å². The molecule has 0 aromatic rings. The number of morpholine rings is 1. The maximum Gasteiger partial charge on any atom is 0.318 e. The molecule has 0 aromatic carbocycles. The Morgan fingerprint density at radius 1 is 1.17 bits per heavy atom. The fraction of sp³-hybridized carbons (Fsp3) is 0.850. The number of Topliss-reactive ketones (excluding diaryl/α,β-unsaturated/α-hetero) is 1. The molecule has 0 spiro atoms. The summed E-state index contributed by atoms with van der Waals surface area (Å²) in [4.78, 5) is 39.5. The van der Waals surface area contributed by atoms with Crippen LogP contribution in [0.3, 0.4) is 0 Å². The van der Waals surface area contributed by atoms with Crippen molar-refractivity contribution in [3.05, 3.63) is 0 Å². The number of amides is 3. The number of hydrogen-bond acceptors (Lipinski definition) is 6. The quantitative estimate of drug-likeness (QED) is 0.551. The number of carbonyl (C=O) groups excluding carboxylic acids is 3. The molecule has 9 nitrogen and oxygen atoms in total. The Balaban J connectivity index is 1.64. The first-order valence-electron chi connectivity index (χ1n) is 10.8. The van der Waals surface area contributed by atoms with Gasteiger partial charge in [0.25, 0.3) is 0 Å². The topological polar surface area (TPSA) is 117 Å². The van der Waals surface area contributed by atoms with Crippen molar-refractivity contribution in [2.75, 3.05) is 39.5 Å². The lowest BCUT2D eigenvalue weighted by Gasteiger charge is -2.31. The Labute approximate surface area is 171 Å². The van der Waals surface area contributed by atoms with Gasteiger partial charge in [-0.3, -0.25) is 9.59 Å². The summed E-state index contributed by atoms with van der Waals surface area (Å²) in [5, 5.41) is 14.8. The summed E-state index contributed by atoms with van der Waals surface area (Å²) < 4.78 is 10.7. The Kier molecular flexibility index (Phi) is 8.26. The number of ketones is 1. The number of nitrogens with zero attached hydrogens (tertiary/aromatic N) is 1. The zero-order valence-electron chi connectivity index (χ0n) is 16.9. The third-order valence-electron chi connectivity index (χ3n) is 6.08. The number of urea groups is 1. The number of ether oxygens (including phenoxy) is 2. The Bertz CT molecular complexity index is 575. The smallest absolute Gasteiger partial charge is 0.318 e. The lowest BCUT2D eigenvalue weighted by Crippen LogP contribution is -2.57. The molecule has 0 unspecified atom stereocenters. The number of aliphatic hydroxyl groups excluding tert-OH is 1. The molecular weight excluding hydrogens is 378 g/mol. The minimum Gasteiger partial charge on any atom is -0.396 e. The van der Waals surface area contributed by atoms with E-state index in [0.717, 1.165) is 25.7 Å². The van der Waals surface area contributed by atoms with E-state index in [0.29, 0.717) is 38.6 Å². The normalized spacial score (nSPS) is 26.9. The van der Waals surface area contributed by atoms with Crippen LogP contribution in [0.25, 0.3) is 0 Å². The molecule has 9 heteroatoms. The van der Waals surface area contributed by atoms with Crippen LogP contribution in [0.4, 0.5) is 4.79 Å². The molecule has 3 amide bonds. The molecule has 3 N–H and O–H groups in total. The molecule has 0 bridgehead atoms. The van der Waals surface area contributed by atoms with Crippen LogP contribution in [-0.2, 0) is 19.1 Å². The molecule has 3 rings (SSSR count). The van der Waals surface area contributed by atoms with E-state index in [1.54, 1.807) is 4.90 Å². The van der Waals surface area contributed by atoms with Gasteiger partial charge in [0.2, 0.25) is 5.91 Å². The van der Waals surface area contributed by atoms with Gasteiger partial charge >= 0.3 is 6.03 Å². The van der Waals surface area contributed by atoms with Crippen LogP contribution in [0.2, 0.25) is 0 Å². The van der Waals surface area contributed by atoms with Crippen molar-refractivity contribution in [3.63, 3.8) is 0 Å². The molecule has 3 aliphatic rings. The van der Waals surface area contributed by atoms with Crippen LogP contribution in [-0.4, -0.2) is 85.4 Å². The van der Waals surface area contributed by atoms with Crippen molar-refractivity contribution in [3.8, 4) is 0 Å². The fourth-order valence-corrected chi connectivity index (χ4v) is 4.38. The van der Waals surface area contributed by atoms with Crippen molar-refractivity contribution in [2.45, 2.75) is 63.1 Å². The van der Waals surface area contributed by atoms with Gasteiger partial charge in [0.15, 0.2) is 5.78 Å². The van der Waals surface area contributed by atoms with Crippen LogP contribution in [0.15, 0.2) is 0 Å². The van der Waals surface area contributed by atoms with Gasteiger partial charge in [0, 0.05) is 19.7 Å². The first kappa shape index (κ1) is 22.0. The van der Waals surface area contributed by atoms with Crippen molar-refractivity contribution in [2.24, 2.45) is 5.92 Å². The minimum absolute atomic E-state index is 0.0664. The van der Waals surface area contributed by atoms with E-state index in [1.165, 1.54) is 6.42 Å². The van der Waals surface area contributed by atoms with Gasteiger partial charge in [-0.25, -0.2) is 4.79 Å². The van der Waals surface area contributed by atoms with E-state index in [4.69, 9.17) is 9.47 Å². The van der Waals surface area contributed by atoms with Gasteiger partial charge in [-0.15, -0.1) is 0 Å². The molecule has 1 saturated carbocycles. The second-order valence-corrected chi connectivity index (χ2v) is 8.16. The average Bonchev–Trinajstić information content (AvgIpc) is 3.08. The highest BCUT2D eigenvalue weighted by molar-refractivity contribution is 5.94. The zero-order valence-corrected chi connectivity index (χ0v) is 16.9. The Morgan fingerprint density at radius 2 is 1.90 bits per heavy atom. The molecule has 0 radical (unpaired) electrons. The van der Waals surface area contributed by atoms with E-state index >= 15 is 0 Å². The number of nitrogens with one attached hydrogen (secondary N) is 2. The van der Waals surface area contributed by atoms with Crippen molar-refractivity contribution in [1.29, 1.82) is 0 Å². The van der Waals surface area contributed by atoms with Crippen molar-refractivity contribution < 1.29 is 29.0 Å². The molecule has 3 atom stereocenters. The molecule has 3 fully saturated rings. The average molecular weight is 411 g/mol. The first-order valence-corrected chi connectivity index (χ1v) is 10.8. The van der Waals surface area contributed by atoms with Crippen LogP contribution >= 0.6 is 0 Å². The standard InChI is InChI=1S/C20H33N3O6/c24-9-6-17-18(16(25)13-29-17)22-19(26)15(12-14-4-2-1-3-5-14)21-20(27)23-7-10-28-11-8-23/h14-15,17-18,24H,1-13H2,(H,21,27)(H,22,26)/t15-,17-,18+/m0/s1. The summed E-state index contributed by atoms with van der Waals surface area (Å²) in [6.45, 7) is 1.79. The lowest BCUT2D eigenvalue weighted by atomic mass is 9.84. The predicted molar refractivity (Wildman–Crippen MR) is 104 cm³/mol. The minimum atomic E-state index is -0.774. The van der Waals surface area contributed by atoms with E-state index in [-0.39, 0.29) is 37.4 Å². The molecule has 164 valence electrons. The second kappa shape index (κ2) is 10.9. The first-order chi connectivity index (χ1) is 14.1. The van der Waals surface area contributed by atoms with Crippen LogP contribution in [0.1, 0.15) is 44.9 Å². The summed E-state index contributed by atoms with van der Waals surface area (Å²) in [6.07, 6.45) is 5.92. The molecule has 2 heterocycles. The van der Waals surface area contributed by atoms with Gasteiger partial charge in [-0.1, -0.05) is 32.1 Å². The SMILES string of the molecule is O=C(N[C@@H]1C(=O)CO[C@H]1CCO)[C@H](CC1CCCCC1)NC(=O)N1CCOCC1. The third-order valence-corrected chi connectivity index (χ3v) is 6.08. The number of carbonyl (C=O) groups is 3. The predicted octanol–water partition coefficient (Wildman–Crippen LogP) is 0.202. The third kappa shape index (κ3) is 6.13.